The van der Waals surface area contributed by atoms with Gasteiger partial charge in [-0.15, -0.1) is 0 Å². The number of hydrogen-bond donors (Lipinski definition) is 1. The van der Waals surface area contributed by atoms with Crippen molar-refractivity contribution >= 4 is 11.8 Å². The van der Waals surface area contributed by atoms with Crippen LogP contribution in [0.4, 0.5) is 4.39 Å². The summed E-state index contributed by atoms with van der Waals surface area (Å²) in [5.74, 6) is -0.835. The van der Waals surface area contributed by atoms with Gasteiger partial charge in [0.1, 0.15) is 5.82 Å². The Morgan fingerprint density at radius 2 is 2.21 bits per heavy atom. The second-order valence-electron chi connectivity index (χ2n) is 6.81. The van der Waals surface area contributed by atoms with Crippen LogP contribution in [0.1, 0.15) is 25.8 Å². The molecule has 0 unspecified atom stereocenters. The molecule has 1 N–H and O–H groups in total. The molecule has 2 amide bonds. The molecule has 3 rings (SSSR count). The van der Waals surface area contributed by atoms with Crippen LogP contribution in [-0.4, -0.2) is 48.1 Å². The van der Waals surface area contributed by atoms with Gasteiger partial charge in [0, 0.05) is 19.2 Å². The zero-order chi connectivity index (χ0) is 17.3. The lowest BCUT2D eigenvalue weighted by molar-refractivity contribution is -0.131. The highest BCUT2D eigenvalue weighted by Gasteiger charge is 2.50. The SMILES string of the molecule is CC(C)NC(=O)[C@@H]1CN(C(=O)Cc2cccc(F)c2)[C@@H]2CCO[C@@H]21. The van der Waals surface area contributed by atoms with Crippen LogP contribution in [-0.2, 0) is 20.7 Å². The molecule has 0 aromatic heterocycles. The normalized spacial score (nSPS) is 25.8. The summed E-state index contributed by atoms with van der Waals surface area (Å²) in [6, 6.07) is 6.06. The number of halogens is 1. The van der Waals surface area contributed by atoms with Crippen molar-refractivity contribution in [2.24, 2.45) is 5.92 Å². The van der Waals surface area contributed by atoms with Crippen LogP contribution in [0.5, 0.6) is 0 Å². The monoisotopic (exact) mass is 334 g/mol. The number of carbonyl (C=O) groups excluding carboxylic acids is 2. The molecule has 2 aliphatic rings. The number of nitrogens with zero attached hydrogens (tertiary/aromatic N) is 1. The van der Waals surface area contributed by atoms with Crippen molar-refractivity contribution in [1.29, 1.82) is 0 Å². The van der Waals surface area contributed by atoms with Crippen LogP contribution < -0.4 is 5.32 Å². The van der Waals surface area contributed by atoms with Crippen LogP contribution in [0.25, 0.3) is 0 Å². The van der Waals surface area contributed by atoms with Crippen LogP contribution in [0, 0.1) is 11.7 Å². The first-order chi connectivity index (χ1) is 11.5. The van der Waals surface area contributed by atoms with Crippen LogP contribution in [0.3, 0.4) is 0 Å². The van der Waals surface area contributed by atoms with Gasteiger partial charge in [0.15, 0.2) is 0 Å². The molecule has 0 saturated carbocycles. The second-order valence-corrected chi connectivity index (χ2v) is 6.81. The topological polar surface area (TPSA) is 58.6 Å². The number of amides is 2. The molecule has 0 radical (unpaired) electrons. The Morgan fingerprint density at radius 1 is 1.42 bits per heavy atom. The molecule has 2 saturated heterocycles. The molecule has 1 aromatic carbocycles. The van der Waals surface area contributed by atoms with Gasteiger partial charge in [-0.2, -0.15) is 0 Å². The van der Waals surface area contributed by atoms with E-state index in [2.05, 4.69) is 5.32 Å². The van der Waals surface area contributed by atoms with Gasteiger partial charge < -0.3 is 15.0 Å². The Morgan fingerprint density at radius 3 is 2.92 bits per heavy atom. The summed E-state index contributed by atoms with van der Waals surface area (Å²) in [7, 11) is 0. The summed E-state index contributed by atoms with van der Waals surface area (Å²) >= 11 is 0. The first-order valence-corrected chi connectivity index (χ1v) is 8.41. The number of rotatable bonds is 4. The van der Waals surface area contributed by atoms with Gasteiger partial charge >= 0.3 is 0 Å². The maximum absolute atomic E-state index is 13.3. The second kappa shape index (κ2) is 6.89. The van der Waals surface area contributed by atoms with Gasteiger partial charge in [0.05, 0.1) is 24.5 Å². The van der Waals surface area contributed by atoms with Crippen LogP contribution >= 0.6 is 0 Å². The third kappa shape index (κ3) is 3.43. The first kappa shape index (κ1) is 16.9. The lowest BCUT2D eigenvalue weighted by atomic mass is 10.0. The van der Waals surface area contributed by atoms with Gasteiger partial charge in [-0.3, -0.25) is 9.59 Å². The average molecular weight is 334 g/mol. The van der Waals surface area contributed by atoms with E-state index in [0.717, 1.165) is 6.42 Å². The molecule has 24 heavy (non-hydrogen) atoms. The molecule has 2 heterocycles. The first-order valence-electron chi connectivity index (χ1n) is 8.41. The van der Waals surface area contributed by atoms with Crippen molar-refractivity contribution in [1.82, 2.24) is 10.2 Å². The highest BCUT2D eigenvalue weighted by Crippen LogP contribution is 2.34. The van der Waals surface area contributed by atoms with E-state index >= 15 is 0 Å². The molecule has 0 bridgehead atoms. The molecule has 5 nitrogen and oxygen atoms in total. The van der Waals surface area contributed by atoms with Crippen molar-refractivity contribution in [2.75, 3.05) is 13.2 Å². The fourth-order valence-electron chi connectivity index (χ4n) is 3.60. The standard InChI is InChI=1S/C18H23FN2O3/c1-11(2)20-18(23)14-10-21(15-6-7-24-17(14)15)16(22)9-12-4-3-5-13(19)8-12/h3-5,8,11,14-15,17H,6-7,9-10H2,1-2H3,(H,20,23)/t14-,15-,17-/m1/s1. The molecule has 1 aromatic rings. The lowest BCUT2D eigenvalue weighted by Crippen LogP contribution is -2.41. The summed E-state index contributed by atoms with van der Waals surface area (Å²) < 4.78 is 19.0. The zero-order valence-electron chi connectivity index (χ0n) is 14.0. The van der Waals surface area contributed by atoms with Crippen molar-refractivity contribution in [3.8, 4) is 0 Å². The third-order valence-electron chi connectivity index (χ3n) is 4.63. The minimum absolute atomic E-state index is 0.0504. The molecule has 0 aliphatic carbocycles. The Kier molecular flexibility index (Phi) is 4.85. The summed E-state index contributed by atoms with van der Waals surface area (Å²) in [6.45, 7) is 4.74. The van der Waals surface area contributed by atoms with Gasteiger partial charge in [0.25, 0.3) is 0 Å². The van der Waals surface area contributed by atoms with E-state index in [1.54, 1.807) is 17.0 Å². The Balaban J connectivity index is 1.71. The van der Waals surface area contributed by atoms with Crippen molar-refractivity contribution in [3.63, 3.8) is 0 Å². The van der Waals surface area contributed by atoms with E-state index < -0.39 is 0 Å². The number of benzene rings is 1. The summed E-state index contributed by atoms with van der Waals surface area (Å²) in [6.07, 6.45) is 0.644. The Hall–Kier alpha value is -1.95. The maximum atomic E-state index is 13.3. The number of nitrogens with one attached hydrogen (secondary N) is 1. The molecule has 6 heteroatoms. The van der Waals surface area contributed by atoms with Crippen LogP contribution in [0.15, 0.2) is 24.3 Å². The average Bonchev–Trinajstić information content (AvgIpc) is 3.07. The smallest absolute Gasteiger partial charge is 0.227 e. The molecular formula is C18H23FN2O3. The van der Waals surface area contributed by atoms with Gasteiger partial charge in [0.2, 0.25) is 11.8 Å². The fraction of sp³-hybridized carbons (Fsp3) is 0.556. The van der Waals surface area contributed by atoms with Crippen molar-refractivity contribution in [3.05, 3.63) is 35.6 Å². The molecule has 130 valence electrons. The summed E-state index contributed by atoms with van der Waals surface area (Å²) in [5, 5.41) is 2.91. The third-order valence-corrected chi connectivity index (χ3v) is 4.63. The van der Waals surface area contributed by atoms with Gasteiger partial charge in [-0.05, 0) is 38.0 Å². The number of ether oxygens (including phenoxy) is 1. The summed E-state index contributed by atoms with van der Waals surface area (Å²) in [5.41, 5.74) is 0.644. The molecule has 2 fully saturated rings. The summed E-state index contributed by atoms with van der Waals surface area (Å²) in [4.78, 5) is 26.8. The van der Waals surface area contributed by atoms with Crippen LogP contribution in [0.2, 0.25) is 0 Å². The molecule has 0 spiro atoms. The predicted molar refractivity (Wildman–Crippen MR) is 86.7 cm³/mol. The highest BCUT2D eigenvalue weighted by atomic mass is 19.1. The quantitative estimate of drug-likeness (QED) is 0.908. The number of fused-ring (bicyclic) bond motifs is 1. The van der Waals surface area contributed by atoms with E-state index in [1.807, 2.05) is 13.8 Å². The molecular weight excluding hydrogens is 311 g/mol. The number of likely N-dealkylation sites (tertiary alicyclic amines) is 1. The Bertz CT molecular complexity index is 634. The van der Waals surface area contributed by atoms with E-state index in [4.69, 9.17) is 4.74 Å². The van der Waals surface area contributed by atoms with Crippen molar-refractivity contribution in [2.45, 2.75) is 44.9 Å². The maximum Gasteiger partial charge on any atom is 0.227 e. The zero-order valence-corrected chi connectivity index (χ0v) is 14.0. The molecule has 3 atom stereocenters. The predicted octanol–water partition coefficient (Wildman–Crippen LogP) is 1.51. The van der Waals surface area contributed by atoms with E-state index in [0.29, 0.717) is 18.7 Å². The lowest BCUT2D eigenvalue weighted by Gasteiger charge is -2.22. The minimum Gasteiger partial charge on any atom is -0.375 e. The number of carbonyl (C=O) groups is 2. The van der Waals surface area contributed by atoms with E-state index in [-0.39, 0.29) is 48.2 Å². The van der Waals surface area contributed by atoms with Crippen molar-refractivity contribution < 1.29 is 18.7 Å². The van der Waals surface area contributed by atoms with Gasteiger partial charge in [-0.1, -0.05) is 12.1 Å². The fourth-order valence-corrected chi connectivity index (χ4v) is 3.60. The van der Waals surface area contributed by atoms with E-state index in [9.17, 15) is 14.0 Å². The van der Waals surface area contributed by atoms with Gasteiger partial charge in [-0.25, -0.2) is 4.39 Å². The minimum atomic E-state index is -0.349. The highest BCUT2D eigenvalue weighted by molar-refractivity contribution is 5.84. The largest absolute Gasteiger partial charge is 0.375 e. The Labute approximate surface area is 141 Å². The van der Waals surface area contributed by atoms with E-state index in [1.165, 1.54) is 12.1 Å². The molecule has 2 aliphatic heterocycles. The number of hydrogen-bond acceptors (Lipinski definition) is 3.